The second-order valence-corrected chi connectivity index (χ2v) is 4.77. The van der Waals surface area contributed by atoms with E-state index in [0.717, 1.165) is 0 Å². The maximum absolute atomic E-state index is 12.8. The fourth-order valence-electron chi connectivity index (χ4n) is 1.73. The molecule has 5 N–H and O–H groups in total. The van der Waals surface area contributed by atoms with Crippen molar-refractivity contribution in [3.63, 3.8) is 0 Å². The first-order valence-electron chi connectivity index (χ1n) is 6.54. The minimum absolute atomic E-state index is 0.00760. The smallest absolute Gasteiger partial charge is 0.326 e. The maximum atomic E-state index is 12.8. The first kappa shape index (κ1) is 17.6. The summed E-state index contributed by atoms with van der Waals surface area (Å²) < 4.78 is 12.8. The van der Waals surface area contributed by atoms with E-state index in [2.05, 4.69) is 5.32 Å². The Morgan fingerprint density at radius 1 is 1.14 bits per heavy atom. The zero-order chi connectivity index (χ0) is 16.7. The molecule has 0 saturated carbocycles. The number of nitrogens with two attached hydrogens (primary N) is 1. The van der Waals surface area contributed by atoms with Gasteiger partial charge in [-0.25, -0.2) is 9.18 Å². The summed E-state index contributed by atoms with van der Waals surface area (Å²) in [5, 5.41) is 20.0. The Balaban J connectivity index is 2.57. The molecule has 0 aliphatic heterocycles. The Morgan fingerprint density at radius 2 is 1.73 bits per heavy atom. The van der Waals surface area contributed by atoms with E-state index in [1.54, 1.807) is 0 Å². The van der Waals surface area contributed by atoms with Gasteiger partial charge in [0, 0.05) is 12.8 Å². The number of aliphatic carboxylic acids is 2. The first-order chi connectivity index (χ1) is 10.3. The van der Waals surface area contributed by atoms with E-state index in [4.69, 9.17) is 15.9 Å². The van der Waals surface area contributed by atoms with Gasteiger partial charge in [-0.15, -0.1) is 0 Å². The van der Waals surface area contributed by atoms with Crippen molar-refractivity contribution in [1.29, 1.82) is 0 Å². The highest BCUT2D eigenvalue weighted by molar-refractivity contribution is 5.84. The van der Waals surface area contributed by atoms with Gasteiger partial charge in [0.15, 0.2) is 0 Å². The summed E-state index contributed by atoms with van der Waals surface area (Å²) in [6.45, 7) is 0. The predicted molar refractivity (Wildman–Crippen MR) is 74.5 cm³/mol. The molecule has 22 heavy (non-hydrogen) atoms. The number of benzene rings is 1. The van der Waals surface area contributed by atoms with Crippen LogP contribution in [-0.4, -0.2) is 40.1 Å². The molecule has 1 aromatic carbocycles. The van der Waals surface area contributed by atoms with E-state index in [-0.39, 0.29) is 19.3 Å². The van der Waals surface area contributed by atoms with Gasteiger partial charge >= 0.3 is 11.9 Å². The van der Waals surface area contributed by atoms with Gasteiger partial charge in [0.2, 0.25) is 5.91 Å². The Morgan fingerprint density at radius 3 is 2.23 bits per heavy atom. The molecule has 1 rings (SSSR count). The molecule has 7 nitrogen and oxygen atoms in total. The van der Waals surface area contributed by atoms with Crippen molar-refractivity contribution in [2.75, 3.05) is 0 Å². The molecule has 0 radical (unpaired) electrons. The van der Waals surface area contributed by atoms with Gasteiger partial charge in [-0.05, 0) is 24.1 Å². The lowest BCUT2D eigenvalue weighted by atomic mass is 10.1. The van der Waals surface area contributed by atoms with Crippen molar-refractivity contribution < 1.29 is 29.0 Å². The predicted octanol–water partition coefficient (Wildman–Crippen LogP) is 0.130. The van der Waals surface area contributed by atoms with Gasteiger partial charge < -0.3 is 21.3 Å². The molecule has 2 atom stereocenters. The summed E-state index contributed by atoms with van der Waals surface area (Å²) in [5.41, 5.74) is 5.81. The zero-order valence-electron chi connectivity index (χ0n) is 11.7. The molecule has 0 unspecified atom stereocenters. The van der Waals surface area contributed by atoms with Crippen LogP contribution in [0.4, 0.5) is 4.39 Å². The van der Waals surface area contributed by atoms with Crippen LogP contribution in [0, 0.1) is 5.82 Å². The number of rotatable bonds is 8. The van der Waals surface area contributed by atoms with E-state index < -0.39 is 35.7 Å². The molecule has 0 heterocycles. The Kier molecular flexibility index (Phi) is 6.46. The molecule has 0 aliphatic rings. The molecule has 0 aromatic heterocycles. The van der Waals surface area contributed by atoms with Crippen molar-refractivity contribution in [2.45, 2.75) is 31.3 Å². The molecule has 1 aromatic rings. The third-order valence-electron chi connectivity index (χ3n) is 2.99. The number of carbonyl (C=O) groups is 3. The van der Waals surface area contributed by atoms with Crippen molar-refractivity contribution >= 4 is 17.8 Å². The van der Waals surface area contributed by atoms with Gasteiger partial charge in [-0.2, -0.15) is 0 Å². The van der Waals surface area contributed by atoms with E-state index in [1.807, 2.05) is 0 Å². The molecule has 1 amide bonds. The summed E-state index contributed by atoms with van der Waals surface area (Å²) in [7, 11) is 0. The molecule has 120 valence electrons. The average Bonchev–Trinajstić information content (AvgIpc) is 2.46. The van der Waals surface area contributed by atoms with E-state index >= 15 is 0 Å². The van der Waals surface area contributed by atoms with Crippen LogP contribution in [0.1, 0.15) is 18.4 Å². The fraction of sp³-hybridized carbons (Fsp3) is 0.357. The highest BCUT2D eigenvalue weighted by atomic mass is 19.1. The van der Waals surface area contributed by atoms with Crippen molar-refractivity contribution in [1.82, 2.24) is 5.32 Å². The normalized spacial score (nSPS) is 13.2. The molecule has 0 aliphatic carbocycles. The molecule has 0 fully saturated rings. The standard InChI is InChI=1S/C14H17FN2O5/c15-9-3-1-8(2-4-9)7-11(14(21)22)17-12(18)6-5-10(16)13(19)20/h1-4,10-11H,5-7,16H2,(H,17,18)(H,19,20)(H,21,22)/t10-,11-/m0/s1. The van der Waals surface area contributed by atoms with Crippen LogP contribution in [0.5, 0.6) is 0 Å². The average molecular weight is 312 g/mol. The third-order valence-corrected chi connectivity index (χ3v) is 2.99. The molecular weight excluding hydrogens is 295 g/mol. The van der Waals surface area contributed by atoms with Crippen LogP contribution < -0.4 is 11.1 Å². The quantitative estimate of drug-likeness (QED) is 0.540. The molecular formula is C14H17FN2O5. The Hall–Kier alpha value is -2.48. The zero-order valence-corrected chi connectivity index (χ0v) is 11.7. The second-order valence-electron chi connectivity index (χ2n) is 4.77. The summed E-state index contributed by atoms with van der Waals surface area (Å²) >= 11 is 0. The van der Waals surface area contributed by atoms with Gasteiger partial charge in [-0.1, -0.05) is 12.1 Å². The number of hydrogen-bond donors (Lipinski definition) is 4. The third kappa shape index (κ3) is 5.88. The molecule has 0 bridgehead atoms. The minimum Gasteiger partial charge on any atom is -0.480 e. The van der Waals surface area contributed by atoms with Crippen LogP contribution in [0.2, 0.25) is 0 Å². The highest BCUT2D eigenvalue weighted by Gasteiger charge is 2.21. The van der Waals surface area contributed by atoms with Gasteiger partial charge in [0.05, 0.1) is 0 Å². The topological polar surface area (TPSA) is 130 Å². The molecule has 8 heteroatoms. The number of carboxylic acids is 2. The SMILES string of the molecule is N[C@@H](CCC(=O)N[C@@H](Cc1ccc(F)cc1)C(=O)O)C(=O)O. The monoisotopic (exact) mass is 312 g/mol. The van der Waals surface area contributed by atoms with Crippen LogP contribution in [0.3, 0.4) is 0 Å². The Labute approximate surface area is 125 Å². The molecule has 0 spiro atoms. The Bertz CT molecular complexity index is 547. The lowest BCUT2D eigenvalue weighted by molar-refractivity contribution is -0.142. The largest absolute Gasteiger partial charge is 0.480 e. The molecule has 0 saturated heterocycles. The van der Waals surface area contributed by atoms with Crippen LogP contribution in [0.25, 0.3) is 0 Å². The number of halogens is 1. The van der Waals surface area contributed by atoms with Gasteiger partial charge in [0.25, 0.3) is 0 Å². The number of carbonyl (C=O) groups excluding carboxylic acids is 1. The minimum atomic E-state index is -1.24. The van der Waals surface area contributed by atoms with Crippen molar-refractivity contribution in [3.05, 3.63) is 35.6 Å². The van der Waals surface area contributed by atoms with Crippen molar-refractivity contribution in [2.24, 2.45) is 5.73 Å². The maximum Gasteiger partial charge on any atom is 0.326 e. The van der Waals surface area contributed by atoms with Gasteiger partial charge in [0.1, 0.15) is 17.9 Å². The van der Waals surface area contributed by atoms with Gasteiger partial charge in [-0.3, -0.25) is 9.59 Å². The van der Waals surface area contributed by atoms with Crippen molar-refractivity contribution in [3.8, 4) is 0 Å². The lowest BCUT2D eigenvalue weighted by Crippen LogP contribution is -2.43. The number of nitrogens with one attached hydrogen (secondary N) is 1. The summed E-state index contributed by atoms with van der Waals surface area (Å²) in [6, 6.07) is 2.89. The lowest BCUT2D eigenvalue weighted by Gasteiger charge is -2.15. The highest BCUT2D eigenvalue weighted by Crippen LogP contribution is 2.07. The van der Waals surface area contributed by atoms with Crippen LogP contribution in [0.15, 0.2) is 24.3 Å². The fourth-order valence-corrected chi connectivity index (χ4v) is 1.73. The first-order valence-corrected chi connectivity index (χ1v) is 6.54. The summed E-state index contributed by atoms with van der Waals surface area (Å²) in [4.78, 5) is 33.3. The van der Waals surface area contributed by atoms with Crippen LogP contribution >= 0.6 is 0 Å². The van der Waals surface area contributed by atoms with E-state index in [9.17, 15) is 18.8 Å². The van der Waals surface area contributed by atoms with Crippen LogP contribution in [-0.2, 0) is 20.8 Å². The van der Waals surface area contributed by atoms with E-state index in [0.29, 0.717) is 5.56 Å². The number of hydrogen-bond acceptors (Lipinski definition) is 4. The summed E-state index contributed by atoms with van der Waals surface area (Å²) in [5.74, 6) is -3.51. The summed E-state index contributed by atoms with van der Waals surface area (Å²) in [6.07, 6.45) is -0.295. The second kappa shape index (κ2) is 8.08. The number of carboxylic acid groups (broad SMARTS) is 2. The van der Waals surface area contributed by atoms with E-state index in [1.165, 1.54) is 24.3 Å². The number of amides is 1.